The maximum atomic E-state index is 11.0. The van der Waals surface area contributed by atoms with Crippen molar-refractivity contribution in [2.24, 2.45) is 0 Å². The topological polar surface area (TPSA) is 26.3 Å². The summed E-state index contributed by atoms with van der Waals surface area (Å²) in [4.78, 5) is 11.0. The maximum absolute atomic E-state index is 11.0. The monoisotopic (exact) mass is 316 g/mol. The Morgan fingerprint density at radius 2 is 1.72 bits per heavy atom. The third-order valence-corrected chi connectivity index (χ3v) is 2.26. The van der Waals surface area contributed by atoms with E-state index in [9.17, 15) is 4.79 Å². The number of ketones is 1. The van der Waals surface area contributed by atoms with Crippen molar-refractivity contribution < 1.29 is 9.53 Å². The van der Waals surface area contributed by atoms with Crippen LogP contribution in [-0.4, -0.2) is 12.4 Å². The van der Waals surface area contributed by atoms with Crippen molar-refractivity contribution in [3.8, 4) is 5.75 Å². The summed E-state index contributed by atoms with van der Waals surface area (Å²) in [7, 11) is 0. The van der Waals surface area contributed by atoms with Crippen molar-refractivity contribution in [1.82, 2.24) is 0 Å². The van der Waals surface area contributed by atoms with E-state index in [1.54, 1.807) is 25.1 Å². The smallest absolute Gasteiger partial charge is 0.159 e. The van der Waals surface area contributed by atoms with Crippen LogP contribution < -0.4 is 4.74 Å². The average Bonchev–Trinajstić information content (AvgIpc) is 2.35. The highest BCUT2D eigenvalue weighted by atomic mass is 79.9. The highest BCUT2D eigenvalue weighted by Crippen LogP contribution is 2.25. The molecule has 1 rings (SSSR count). The Hall–Kier alpha value is -0.830. The second-order valence-corrected chi connectivity index (χ2v) is 4.20. The fourth-order valence-corrected chi connectivity index (χ4v) is 1.49. The normalized spacial score (nSPS) is 8.39. The second kappa shape index (κ2) is 12.6. The second-order valence-electron chi connectivity index (χ2n) is 3.34. The van der Waals surface area contributed by atoms with Crippen LogP contribution in [0.25, 0.3) is 0 Å². The lowest BCUT2D eigenvalue weighted by atomic mass is 10.1. The van der Waals surface area contributed by atoms with Gasteiger partial charge in [-0.1, -0.05) is 34.1 Å². The molecule has 0 unspecified atom stereocenters. The van der Waals surface area contributed by atoms with E-state index in [2.05, 4.69) is 29.8 Å². The fraction of sp³-hybridized carbons (Fsp3) is 0.533. The van der Waals surface area contributed by atoms with Gasteiger partial charge in [-0.15, -0.1) is 0 Å². The number of benzene rings is 1. The van der Waals surface area contributed by atoms with Gasteiger partial charge in [-0.3, -0.25) is 4.79 Å². The Kier molecular flexibility index (Phi) is 13.7. The molecular weight excluding hydrogens is 292 g/mol. The first-order valence-corrected chi connectivity index (χ1v) is 7.29. The summed E-state index contributed by atoms with van der Waals surface area (Å²) in [6.07, 6.45) is 1.25. The van der Waals surface area contributed by atoms with Gasteiger partial charge in [-0.2, -0.15) is 0 Å². The number of carbonyl (C=O) groups is 1. The molecule has 0 saturated heterocycles. The molecule has 0 amide bonds. The van der Waals surface area contributed by atoms with E-state index in [0.29, 0.717) is 12.2 Å². The largest absolute Gasteiger partial charge is 0.493 e. The van der Waals surface area contributed by atoms with Crippen LogP contribution in [0.5, 0.6) is 5.75 Å². The molecule has 0 heterocycles. The Balaban J connectivity index is 0. The molecule has 0 N–H and O–H groups in total. The van der Waals surface area contributed by atoms with Gasteiger partial charge < -0.3 is 4.74 Å². The molecule has 0 fully saturated rings. The minimum atomic E-state index is 0.0590. The van der Waals surface area contributed by atoms with E-state index in [-0.39, 0.29) is 5.78 Å². The lowest BCUT2D eigenvalue weighted by molar-refractivity contribution is 0.101. The summed E-state index contributed by atoms with van der Waals surface area (Å²) >= 11 is 3.34. The molecule has 1 aromatic rings. The Morgan fingerprint density at radius 1 is 1.22 bits per heavy atom. The van der Waals surface area contributed by atoms with Crippen LogP contribution in [0.15, 0.2) is 22.7 Å². The standard InChI is InChI=1S/C10H11BrO2.C3H8.C2H6/c1-3-13-10-5-4-8(7(2)12)6-9(10)11;1-3-2;1-2/h4-6H,3H2,1-2H3;3H2,1-2H3;1-2H3. The van der Waals surface area contributed by atoms with E-state index < -0.39 is 0 Å². The lowest BCUT2D eigenvalue weighted by Gasteiger charge is -2.05. The van der Waals surface area contributed by atoms with E-state index >= 15 is 0 Å². The highest BCUT2D eigenvalue weighted by molar-refractivity contribution is 9.10. The molecule has 3 heteroatoms. The molecule has 0 aliphatic carbocycles. The number of hydrogen-bond acceptors (Lipinski definition) is 2. The summed E-state index contributed by atoms with van der Waals surface area (Å²) in [5.41, 5.74) is 0.690. The van der Waals surface area contributed by atoms with Crippen LogP contribution in [0.3, 0.4) is 0 Å². The van der Waals surface area contributed by atoms with Gasteiger partial charge in [0, 0.05) is 5.56 Å². The van der Waals surface area contributed by atoms with Crippen molar-refractivity contribution >= 4 is 21.7 Å². The zero-order valence-corrected chi connectivity index (χ0v) is 13.9. The third-order valence-electron chi connectivity index (χ3n) is 1.64. The number of hydrogen-bond donors (Lipinski definition) is 0. The molecule has 0 aliphatic heterocycles. The molecule has 18 heavy (non-hydrogen) atoms. The number of halogens is 1. The zero-order valence-electron chi connectivity index (χ0n) is 12.3. The van der Waals surface area contributed by atoms with Gasteiger partial charge in [0.1, 0.15) is 5.75 Å². The van der Waals surface area contributed by atoms with Gasteiger partial charge in [0.25, 0.3) is 0 Å². The van der Waals surface area contributed by atoms with Crippen LogP contribution in [0.4, 0.5) is 0 Å². The molecule has 1 aromatic carbocycles. The van der Waals surface area contributed by atoms with Crippen LogP contribution in [0.1, 0.15) is 58.3 Å². The zero-order chi connectivity index (χ0) is 14.6. The SMILES string of the molecule is CC.CCC.CCOc1ccc(C(C)=O)cc1Br. The van der Waals surface area contributed by atoms with Crippen molar-refractivity contribution in [3.05, 3.63) is 28.2 Å². The van der Waals surface area contributed by atoms with Crippen LogP contribution >= 0.6 is 15.9 Å². The van der Waals surface area contributed by atoms with Crippen molar-refractivity contribution in [2.75, 3.05) is 6.61 Å². The van der Waals surface area contributed by atoms with Gasteiger partial charge in [-0.25, -0.2) is 0 Å². The van der Waals surface area contributed by atoms with E-state index in [4.69, 9.17) is 4.74 Å². The molecule has 0 atom stereocenters. The van der Waals surface area contributed by atoms with Gasteiger partial charge in [0.2, 0.25) is 0 Å². The number of rotatable bonds is 3. The molecule has 0 bridgehead atoms. The first-order chi connectivity index (χ1) is 8.56. The minimum absolute atomic E-state index is 0.0590. The predicted octanol–water partition coefficient (Wildman–Crippen LogP) is 5.49. The number of carbonyl (C=O) groups excluding carboxylic acids is 1. The lowest BCUT2D eigenvalue weighted by Crippen LogP contribution is -1.95. The van der Waals surface area contributed by atoms with Gasteiger partial charge in [-0.05, 0) is 48.0 Å². The van der Waals surface area contributed by atoms with Crippen molar-refractivity contribution in [1.29, 1.82) is 0 Å². The van der Waals surface area contributed by atoms with Crippen LogP contribution in [0, 0.1) is 0 Å². The van der Waals surface area contributed by atoms with Crippen molar-refractivity contribution in [2.45, 2.75) is 48.0 Å². The molecule has 104 valence electrons. The molecule has 0 radical (unpaired) electrons. The summed E-state index contributed by atoms with van der Waals surface area (Å²) < 4.78 is 6.13. The Labute approximate surface area is 120 Å². The molecule has 0 aliphatic rings. The first kappa shape index (κ1) is 19.5. The maximum Gasteiger partial charge on any atom is 0.159 e. The summed E-state index contributed by atoms with van der Waals surface area (Å²) in [6, 6.07) is 5.33. The third kappa shape index (κ3) is 8.29. The summed E-state index contributed by atoms with van der Waals surface area (Å²) in [5, 5.41) is 0. The molecule has 0 saturated carbocycles. The molecule has 2 nitrogen and oxygen atoms in total. The molecule has 0 aromatic heterocycles. The van der Waals surface area contributed by atoms with E-state index in [0.717, 1.165) is 10.2 Å². The Morgan fingerprint density at radius 3 is 2.06 bits per heavy atom. The Bertz CT molecular complexity index is 335. The van der Waals surface area contributed by atoms with Gasteiger partial charge in [0.05, 0.1) is 11.1 Å². The van der Waals surface area contributed by atoms with E-state index in [1.807, 2.05) is 20.8 Å². The summed E-state index contributed by atoms with van der Waals surface area (Å²) in [5.74, 6) is 0.830. The number of ether oxygens (including phenoxy) is 1. The first-order valence-electron chi connectivity index (χ1n) is 6.50. The molecular formula is C15H25BrO2. The van der Waals surface area contributed by atoms with E-state index in [1.165, 1.54) is 6.42 Å². The predicted molar refractivity (Wildman–Crippen MR) is 82.6 cm³/mol. The number of Topliss-reactive ketones (excluding diaryl/α,β-unsaturated/α-hetero) is 1. The summed E-state index contributed by atoms with van der Waals surface area (Å²) in [6.45, 7) is 12.3. The molecule has 0 spiro atoms. The van der Waals surface area contributed by atoms with Gasteiger partial charge in [0.15, 0.2) is 5.78 Å². The van der Waals surface area contributed by atoms with Crippen LogP contribution in [-0.2, 0) is 0 Å². The average molecular weight is 317 g/mol. The fourth-order valence-electron chi connectivity index (χ4n) is 0.992. The quantitative estimate of drug-likeness (QED) is 0.689. The highest BCUT2D eigenvalue weighted by Gasteiger charge is 2.04. The van der Waals surface area contributed by atoms with Crippen LogP contribution in [0.2, 0.25) is 0 Å². The van der Waals surface area contributed by atoms with Crippen molar-refractivity contribution in [3.63, 3.8) is 0 Å². The minimum Gasteiger partial charge on any atom is -0.493 e. The van der Waals surface area contributed by atoms with Gasteiger partial charge >= 0.3 is 0 Å².